The Bertz CT molecular complexity index is 581. The van der Waals surface area contributed by atoms with Gasteiger partial charge in [-0.15, -0.1) is 0 Å². The zero-order chi connectivity index (χ0) is 16.5. The highest BCUT2D eigenvalue weighted by atomic mass is 16.2. The van der Waals surface area contributed by atoms with Crippen molar-refractivity contribution in [3.63, 3.8) is 0 Å². The molecule has 0 radical (unpaired) electrons. The Balaban J connectivity index is 2.03. The zero-order valence-corrected chi connectivity index (χ0v) is 14.0. The molecule has 0 saturated carbocycles. The number of amides is 1. The molecule has 0 aliphatic carbocycles. The van der Waals surface area contributed by atoms with Crippen LogP contribution in [0.2, 0.25) is 0 Å². The molecule has 0 aliphatic rings. The van der Waals surface area contributed by atoms with Gasteiger partial charge < -0.3 is 10.2 Å². The van der Waals surface area contributed by atoms with E-state index in [-0.39, 0.29) is 5.91 Å². The van der Waals surface area contributed by atoms with Crippen LogP contribution in [0.3, 0.4) is 0 Å². The minimum Gasteiger partial charge on any atom is -0.316 e. The number of nitrogens with one attached hydrogen (secondary N) is 1. The molecule has 2 aromatic carbocycles. The van der Waals surface area contributed by atoms with E-state index in [1.54, 1.807) is 0 Å². The van der Waals surface area contributed by atoms with Gasteiger partial charge in [0, 0.05) is 18.7 Å². The summed E-state index contributed by atoms with van der Waals surface area (Å²) in [4.78, 5) is 14.5. The van der Waals surface area contributed by atoms with Crippen LogP contribution in [0.5, 0.6) is 0 Å². The lowest BCUT2D eigenvalue weighted by Gasteiger charge is -2.23. The van der Waals surface area contributed by atoms with E-state index in [4.69, 9.17) is 0 Å². The predicted molar refractivity (Wildman–Crippen MR) is 96.4 cm³/mol. The number of hydrogen-bond donors (Lipinski definition) is 1. The third-order valence-corrected chi connectivity index (χ3v) is 3.62. The van der Waals surface area contributed by atoms with Gasteiger partial charge in [-0.05, 0) is 30.2 Å². The van der Waals surface area contributed by atoms with Crippen molar-refractivity contribution in [1.82, 2.24) is 5.32 Å². The van der Waals surface area contributed by atoms with Gasteiger partial charge >= 0.3 is 0 Å². The molecule has 2 rings (SSSR count). The predicted octanol–water partition coefficient (Wildman–Crippen LogP) is 3.86. The Morgan fingerprint density at radius 2 is 1.61 bits per heavy atom. The average Bonchev–Trinajstić information content (AvgIpc) is 2.58. The van der Waals surface area contributed by atoms with Gasteiger partial charge in [-0.25, -0.2) is 0 Å². The topological polar surface area (TPSA) is 32.3 Å². The van der Waals surface area contributed by atoms with E-state index in [1.165, 1.54) is 0 Å². The van der Waals surface area contributed by atoms with Crippen molar-refractivity contribution in [1.29, 1.82) is 0 Å². The van der Waals surface area contributed by atoms with Crippen LogP contribution in [0.1, 0.15) is 25.8 Å². The maximum Gasteiger partial charge on any atom is 0.228 e. The molecule has 1 N–H and O–H groups in total. The molecule has 0 atom stereocenters. The van der Waals surface area contributed by atoms with E-state index in [0.29, 0.717) is 18.9 Å². The molecule has 0 spiro atoms. The number of para-hydroxylation sites is 1. The summed E-state index contributed by atoms with van der Waals surface area (Å²) < 4.78 is 0. The molecule has 0 unspecified atom stereocenters. The van der Waals surface area contributed by atoms with Gasteiger partial charge in [0.05, 0.1) is 6.54 Å². The quantitative estimate of drug-likeness (QED) is 0.751. The molecular weight excluding hydrogens is 284 g/mol. The number of rotatable bonds is 8. The van der Waals surface area contributed by atoms with Crippen LogP contribution in [0, 0.1) is 5.92 Å². The molecule has 2 aromatic rings. The second-order valence-corrected chi connectivity index (χ2v) is 6.15. The van der Waals surface area contributed by atoms with Gasteiger partial charge in [0.15, 0.2) is 0 Å². The van der Waals surface area contributed by atoms with Gasteiger partial charge in [0.1, 0.15) is 0 Å². The summed E-state index contributed by atoms with van der Waals surface area (Å²) in [6, 6.07) is 20.0. The molecule has 0 heterocycles. The molecule has 0 bridgehead atoms. The lowest BCUT2D eigenvalue weighted by atomic mass is 10.1. The molecule has 1 amide bonds. The number of hydrogen-bond acceptors (Lipinski definition) is 2. The monoisotopic (exact) mass is 310 g/mol. The minimum absolute atomic E-state index is 0.149. The first kappa shape index (κ1) is 17.2. The summed E-state index contributed by atoms with van der Waals surface area (Å²) in [6.45, 7) is 6.60. The van der Waals surface area contributed by atoms with Crippen molar-refractivity contribution in [2.45, 2.75) is 26.8 Å². The lowest BCUT2D eigenvalue weighted by Crippen LogP contribution is -2.33. The van der Waals surface area contributed by atoms with E-state index < -0.39 is 0 Å². The largest absolute Gasteiger partial charge is 0.316 e. The van der Waals surface area contributed by atoms with Gasteiger partial charge in [-0.2, -0.15) is 0 Å². The molecule has 23 heavy (non-hydrogen) atoms. The molecule has 0 fully saturated rings. The third-order valence-electron chi connectivity index (χ3n) is 3.62. The number of nitrogens with zero attached hydrogens (tertiary/aromatic N) is 1. The van der Waals surface area contributed by atoms with Gasteiger partial charge in [-0.3, -0.25) is 4.79 Å². The van der Waals surface area contributed by atoms with E-state index >= 15 is 0 Å². The van der Waals surface area contributed by atoms with Crippen LogP contribution in [0.4, 0.5) is 5.69 Å². The van der Waals surface area contributed by atoms with Gasteiger partial charge in [0.25, 0.3) is 0 Å². The second kappa shape index (κ2) is 9.11. The maximum atomic E-state index is 12.7. The highest BCUT2D eigenvalue weighted by Crippen LogP contribution is 2.18. The van der Waals surface area contributed by atoms with Crippen LogP contribution >= 0.6 is 0 Å². The zero-order valence-electron chi connectivity index (χ0n) is 14.0. The molecule has 0 aromatic heterocycles. The summed E-state index contributed by atoms with van der Waals surface area (Å²) in [6.07, 6.45) is 0.508. The van der Waals surface area contributed by atoms with Crippen molar-refractivity contribution in [3.8, 4) is 0 Å². The molecule has 3 heteroatoms. The molecular formula is C20H26N2O. The van der Waals surface area contributed by atoms with Crippen LogP contribution in [-0.4, -0.2) is 19.0 Å². The van der Waals surface area contributed by atoms with Gasteiger partial charge in [-0.1, -0.05) is 62.4 Å². The first-order chi connectivity index (χ1) is 11.2. The molecule has 0 aliphatic heterocycles. The highest BCUT2D eigenvalue weighted by Gasteiger charge is 2.15. The Morgan fingerprint density at radius 1 is 1.00 bits per heavy atom. The third kappa shape index (κ3) is 5.87. The van der Waals surface area contributed by atoms with E-state index in [0.717, 1.165) is 24.3 Å². The molecule has 3 nitrogen and oxygen atoms in total. The SMILES string of the molecule is CC(C)CNCCC(=O)N(Cc1ccccc1)c1ccccc1. The number of benzene rings is 2. The van der Waals surface area contributed by atoms with Crippen LogP contribution in [0.25, 0.3) is 0 Å². The fraction of sp³-hybridized carbons (Fsp3) is 0.350. The first-order valence-electron chi connectivity index (χ1n) is 8.27. The fourth-order valence-electron chi connectivity index (χ4n) is 2.42. The fourth-order valence-corrected chi connectivity index (χ4v) is 2.42. The maximum absolute atomic E-state index is 12.7. The van der Waals surface area contributed by atoms with E-state index in [9.17, 15) is 4.79 Å². The van der Waals surface area contributed by atoms with Crippen molar-refractivity contribution in [2.75, 3.05) is 18.0 Å². The first-order valence-corrected chi connectivity index (χ1v) is 8.27. The van der Waals surface area contributed by atoms with Crippen LogP contribution in [-0.2, 0) is 11.3 Å². The lowest BCUT2D eigenvalue weighted by molar-refractivity contribution is -0.118. The standard InChI is InChI=1S/C20H26N2O/c1-17(2)15-21-14-13-20(23)22(19-11-7-4-8-12-19)16-18-9-5-3-6-10-18/h3-12,17,21H,13-16H2,1-2H3. The summed E-state index contributed by atoms with van der Waals surface area (Å²) in [7, 11) is 0. The Labute approximate surface area is 139 Å². The normalized spacial score (nSPS) is 10.7. The van der Waals surface area contributed by atoms with Gasteiger partial charge in [0.2, 0.25) is 5.91 Å². The number of carbonyl (C=O) groups excluding carboxylic acids is 1. The van der Waals surface area contributed by atoms with E-state index in [1.807, 2.05) is 53.4 Å². The molecule has 0 saturated heterocycles. The Morgan fingerprint density at radius 3 is 2.22 bits per heavy atom. The highest BCUT2D eigenvalue weighted by molar-refractivity contribution is 5.93. The second-order valence-electron chi connectivity index (χ2n) is 6.15. The smallest absolute Gasteiger partial charge is 0.228 e. The van der Waals surface area contributed by atoms with E-state index in [2.05, 4.69) is 31.3 Å². The van der Waals surface area contributed by atoms with Crippen LogP contribution < -0.4 is 10.2 Å². The molecule has 122 valence electrons. The van der Waals surface area contributed by atoms with Crippen molar-refractivity contribution >= 4 is 11.6 Å². The Hall–Kier alpha value is -2.13. The van der Waals surface area contributed by atoms with Crippen molar-refractivity contribution in [3.05, 3.63) is 66.2 Å². The summed E-state index contributed by atoms with van der Waals surface area (Å²) >= 11 is 0. The number of anilines is 1. The average molecular weight is 310 g/mol. The Kier molecular flexibility index (Phi) is 6.82. The minimum atomic E-state index is 0.149. The summed E-state index contributed by atoms with van der Waals surface area (Å²) in [5, 5.41) is 3.34. The summed E-state index contributed by atoms with van der Waals surface area (Å²) in [5.41, 5.74) is 2.09. The van der Waals surface area contributed by atoms with Crippen molar-refractivity contribution in [2.24, 2.45) is 5.92 Å². The summed E-state index contributed by atoms with van der Waals surface area (Å²) in [5.74, 6) is 0.746. The number of carbonyl (C=O) groups is 1. The van der Waals surface area contributed by atoms with Crippen LogP contribution in [0.15, 0.2) is 60.7 Å². The van der Waals surface area contributed by atoms with Crippen molar-refractivity contribution < 1.29 is 4.79 Å².